The van der Waals surface area contributed by atoms with Crippen LogP contribution in [0.25, 0.3) is 0 Å². The number of hydrogen-bond acceptors (Lipinski definition) is 3. The van der Waals surface area contributed by atoms with E-state index in [2.05, 4.69) is 5.32 Å². The minimum atomic E-state index is -0.214. The molecule has 0 bridgehead atoms. The van der Waals surface area contributed by atoms with E-state index >= 15 is 0 Å². The highest BCUT2D eigenvalue weighted by atomic mass is 16.5. The highest BCUT2D eigenvalue weighted by Gasteiger charge is 2.26. The molecule has 0 saturated carbocycles. The van der Waals surface area contributed by atoms with Crippen molar-refractivity contribution in [3.63, 3.8) is 0 Å². The number of aromatic nitrogens is 1. The van der Waals surface area contributed by atoms with Gasteiger partial charge in [0.25, 0.3) is 5.91 Å². The predicted molar refractivity (Wildman–Crippen MR) is 86.3 cm³/mol. The Balaban J connectivity index is 1.66. The van der Waals surface area contributed by atoms with Gasteiger partial charge in [0.2, 0.25) is 5.91 Å². The standard InChI is InChI=1S/C17H19N3O3/c1-12-7-8-13(19(12)2)9-18-16(21)10-20-14-5-3-4-6-15(14)23-11-17(20)22/h3-8H,9-11H2,1-2H3,(H,18,21). The monoisotopic (exact) mass is 313 g/mol. The van der Waals surface area contributed by atoms with E-state index in [-0.39, 0.29) is 25.0 Å². The van der Waals surface area contributed by atoms with Gasteiger partial charge in [-0.15, -0.1) is 0 Å². The van der Waals surface area contributed by atoms with Crippen molar-refractivity contribution in [3.8, 4) is 5.75 Å². The van der Waals surface area contributed by atoms with Crippen molar-refractivity contribution < 1.29 is 14.3 Å². The maximum absolute atomic E-state index is 12.2. The molecule has 6 nitrogen and oxygen atoms in total. The van der Waals surface area contributed by atoms with E-state index in [1.54, 1.807) is 12.1 Å². The van der Waals surface area contributed by atoms with Gasteiger partial charge in [-0.05, 0) is 31.2 Å². The van der Waals surface area contributed by atoms with Gasteiger partial charge in [-0.25, -0.2) is 0 Å². The lowest BCUT2D eigenvalue weighted by molar-refractivity contribution is -0.125. The summed E-state index contributed by atoms with van der Waals surface area (Å²) in [7, 11) is 1.96. The van der Waals surface area contributed by atoms with Crippen molar-refractivity contribution in [2.75, 3.05) is 18.1 Å². The van der Waals surface area contributed by atoms with E-state index in [0.717, 1.165) is 11.4 Å². The summed E-state index contributed by atoms with van der Waals surface area (Å²) in [5.74, 6) is 0.209. The molecule has 23 heavy (non-hydrogen) atoms. The van der Waals surface area contributed by atoms with Crippen molar-refractivity contribution >= 4 is 17.5 Å². The highest BCUT2D eigenvalue weighted by Crippen LogP contribution is 2.31. The number of para-hydroxylation sites is 2. The fraction of sp³-hybridized carbons (Fsp3) is 0.294. The Morgan fingerprint density at radius 1 is 1.26 bits per heavy atom. The Labute approximate surface area is 134 Å². The lowest BCUT2D eigenvalue weighted by atomic mass is 10.2. The molecule has 0 unspecified atom stereocenters. The number of nitrogens with one attached hydrogen (secondary N) is 1. The van der Waals surface area contributed by atoms with Crippen LogP contribution in [0, 0.1) is 6.92 Å². The summed E-state index contributed by atoms with van der Waals surface area (Å²) in [4.78, 5) is 25.7. The van der Waals surface area contributed by atoms with Crippen LogP contribution in [0.5, 0.6) is 5.75 Å². The lowest BCUT2D eigenvalue weighted by Crippen LogP contribution is -2.45. The van der Waals surface area contributed by atoms with E-state index < -0.39 is 0 Å². The van der Waals surface area contributed by atoms with Crippen molar-refractivity contribution in [2.24, 2.45) is 7.05 Å². The number of aryl methyl sites for hydroxylation is 1. The number of amides is 2. The molecule has 1 N–H and O–H groups in total. The van der Waals surface area contributed by atoms with Crippen LogP contribution in [-0.4, -0.2) is 29.5 Å². The smallest absolute Gasteiger partial charge is 0.265 e. The number of rotatable bonds is 4. The molecule has 0 saturated heterocycles. The summed E-state index contributed by atoms with van der Waals surface area (Å²) in [6.45, 7) is 2.39. The second-order valence-electron chi connectivity index (χ2n) is 5.54. The first-order chi connectivity index (χ1) is 11.1. The van der Waals surface area contributed by atoms with Gasteiger partial charge in [-0.3, -0.25) is 14.5 Å². The number of carbonyl (C=O) groups is 2. The normalized spacial score (nSPS) is 13.5. The first-order valence-electron chi connectivity index (χ1n) is 7.46. The van der Waals surface area contributed by atoms with Gasteiger partial charge in [-0.1, -0.05) is 12.1 Å². The van der Waals surface area contributed by atoms with E-state index in [0.29, 0.717) is 18.0 Å². The van der Waals surface area contributed by atoms with Crippen molar-refractivity contribution in [1.29, 1.82) is 0 Å². The van der Waals surface area contributed by atoms with Gasteiger partial charge in [0.05, 0.1) is 12.2 Å². The third-order valence-corrected chi connectivity index (χ3v) is 4.05. The fourth-order valence-corrected chi connectivity index (χ4v) is 2.56. The molecule has 3 rings (SSSR count). The number of ether oxygens (including phenoxy) is 1. The van der Waals surface area contributed by atoms with E-state index in [1.165, 1.54) is 4.90 Å². The Bertz CT molecular complexity index is 751. The summed E-state index contributed by atoms with van der Waals surface area (Å²) in [5, 5.41) is 2.86. The molecular weight excluding hydrogens is 294 g/mol. The molecular formula is C17H19N3O3. The van der Waals surface area contributed by atoms with Gasteiger partial charge in [0.15, 0.2) is 6.61 Å². The van der Waals surface area contributed by atoms with Crippen LogP contribution < -0.4 is 15.0 Å². The molecule has 1 aliphatic heterocycles. The van der Waals surface area contributed by atoms with Crippen LogP contribution in [0.1, 0.15) is 11.4 Å². The molecule has 0 fully saturated rings. The topological polar surface area (TPSA) is 63.6 Å². The number of anilines is 1. The molecule has 0 atom stereocenters. The minimum absolute atomic E-state index is 0.0113. The fourth-order valence-electron chi connectivity index (χ4n) is 2.56. The molecule has 1 aromatic carbocycles. The SMILES string of the molecule is Cc1ccc(CNC(=O)CN2C(=O)COc3ccccc32)n1C. The van der Waals surface area contributed by atoms with Gasteiger partial charge < -0.3 is 14.6 Å². The Kier molecular flexibility index (Phi) is 4.06. The quantitative estimate of drug-likeness (QED) is 0.927. The maximum atomic E-state index is 12.2. The molecule has 1 aromatic heterocycles. The number of carbonyl (C=O) groups excluding carboxylic acids is 2. The highest BCUT2D eigenvalue weighted by molar-refractivity contribution is 6.02. The zero-order valence-electron chi connectivity index (χ0n) is 13.2. The largest absolute Gasteiger partial charge is 0.482 e. The van der Waals surface area contributed by atoms with Gasteiger partial charge in [-0.2, -0.15) is 0 Å². The molecule has 0 radical (unpaired) electrons. The molecule has 2 aromatic rings. The van der Waals surface area contributed by atoms with Crippen LogP contribution in [-0.2, 0) is 23.2 Å². The number of benzene rings is 1. The summed E-state index contributed by atoms with van der Waals surface area (Å²) in [6, 6.07) is 11.2. The van der Waals surface area contributed by atoms with Crippen molar-refractivity contribution in [1.82, 2.24) is 9.88 Å². The van der Waals surface area contributed by atoms with Crippen LogP contribution in [0.3, 0.4) is 0 Å². The molecule has 0 spiro atoms. The van der Waals surface area contributed by atoms with Crippen LogP contribution in [0.2, 0.25) is 0 Å². The van der Waals surface area contributed by atoms with Crippen LogP contribution in [0.4, 0.5) is 5.69 Å². The van der Waals surface area contributed by atoms with Crippen LogP contribution >= 0.6 is 0 Å². The van der Waals surface area contributed by atoms with Crippen molar-refractivity contribution in [2.45, 2.75) is 13.5 Å². The molecule has 1 aliphatic rings. The van der Waals surface area contributed by atoms with Gasteiger partial charge >= 0.3 is 0 Å². The molecule has 2 amide bonds. The Hall–Kier alpha value is -2.76. The maximum Gasteiger partial charge on any atom is 0.265 e. The molecule has 2 heterocycles. The zero-order valence-corrected chi connectivity index (χ0v) is 13.2. The van der Waals surface area contributed by atoms with Crippen molar-refractivity contribution in [3.05, 3.63) is 47.8 Å². The molecule has 6 heteroatoms. The van der Waals surface area contributed by atoms with Crippen LogP contribution in [0.15, 0.2) is 36.4 Å². The summed E-state index contributed by atoms with van der Waals surface area (Å²) < 4.78 is 7.39. The average Bonchev–Trinajstić information content (AvgIpc) is 2.87. The molecule has 120 valence electrons. The lowest BCUT2D eigenvalue weighted by Gasteiger charge is -2.28. The zero-order chi connectivity index (χ0) is 16.4. The summed E-state index contributed by atoms with van der Waals surface area (Å²) >= 11 is 0. The average molecular weight is 313 g/mol. The Morgan fingerprint density at radius 3 is 2.78 bits per heavy atom. The number of hydrogen-bond donors (Lipinski definition) is 1. The minimum Gasteiger partial charge on any atom is -0.482 e. The summed E-state index contributed by atoms with van der Waals surface area (Å²) in [6.07, 6.45) is 0. The summed E-state index contributed by atoms with van der Waals surface area (Å²) in [5.41, 5.74) is 2.78. The first-order valence-corrected chi connectivity index (χ1v) is 7.46. The number of fused-ring (bicyclic) bond motifs is 1. The Morgan fingerprint density at radius 2 is 2.04 bits per heavy atom. The molecule has 0 aliphatic carbocycles. The second kappa shape index (κ2) is 6.16. The number of nitrogens with zero attached hydrogens (tertiary/aromatic N) is 2. The third kappa shape index (κ3) is 3.06. The van der Waals surface area contributed by atoms with E-state index in [9.17, 15) is 9.59 Å². The third-order valence-electron chi connectivity index (χ3n) is 4.05. The predicted octanol–water partition coefficient (Wildman–Crippen LogP) is 1.38. The second-order valence-corrected chi connectivity index (χ2v) is 5.54. The van der Waals surface area contributed by atoms with Gasteiger partial charge in [0.1, 0.15) is 12.3 Å². The van der Waals surface area contributed by atoms with E-state index in [4.69, 9.17) is 4.74 Å². The van der Waals surface area contributed by atoms with Gasteiger partial charge in [0, 0.05) is 18.4 Å². The van der Waals surface area contributed by atoms with E-state index in [1.807, 2.05) is 42.8 Å². The first kappa shape index (κ1) is 15.1.